The molecule has 1 aliphatic heterocycles. The fraction of sp³-hybridized carbons (Fsp3) is 1.00. The Bertz CT molecular complexity index is 288. The van der Waals surface area contributed by atoms with Gasteiger partial charge in [-0.25, -0.2) is 0 Å². The summed E-state index contributed by atoms with van der Waals surface area (Å²) >= 11 is 0. The molecule has 2 nitrogen and oxygen atoms in total. The number of hydrogen-bond acceptors (Lipinski definition) is 2. The van der Waals surface area contributed by atoms with Crippen LogP contribution in [0.2, 0.25) is 0 Å². The van der Waals surface area contributed by atoms with E-state index in [1.807, 2.05) is 0 Å². The van der Waals surface area contributed by atoms with Gasteiger partial charge in [0.25, 0.3) is 0 Å². The van der Waals surface area contributed by atoms with E-state index in [1.165, 1.54) is 90.1 Å². The van der Waals surface area contributed by atoms with Gasteiger partial charge in [-0.2, -0.15) is 0 Å². The van der Waals surface area contributed by atoms with Crippen molar-refractivity contribution in [2.45, 2.75) is 102 Å². The van der Waals surface area contributed by atoms with Crippen LogP contribution in [0.3, 0.4) is 0 Å². The molecule has 1 saturated heterocycles. The van der Waals surface area contributed by atoms with Crippen LogP contribution in [0.1, 0.15) is 84.0 Å². The number of rotatable bonds is 1. The first-order valence-electron chi connectivity index (χ1n) is 9.30. The highest BCUT2D eigenvalue weighted by atomic mass is 15.2. The lowest BCUT2D eigenvalue weighted by Gasteiger charge is -2.43. The zero-order valence-electron chi connectivity index (χ0n) is 13.5. The lowest BCUT2D eigenvalue weighted by Crippen LogP contribution is -2.55. The van der Waals surface area contributed by atoms with Gasteiger partial charge in [0.05, 0.1) is 0 Å². The van der Waals surface area contributed by atoms with Crippen molar-refractivity contribution >= 4 is 0 Å². The third-order valence-electron chi connectivity index (χ3n) is 6.22. The quantitative estimate of drug-likeness (QED) is 0.727. The molecular weight excluding hydrogens is 244 g/mol. The van der Waals surface area contributed by atoms with Crippen LogP contribution in [0.25, 0.3) is 0 Å². The largest absolute Gasteiger partial charge is 0.310 e. The Labute approximate surface area is 125 Å². The van der Waals surface area contributed by atoms with E-state index >= 15 is 0 Å². The van der Waals surface area contributed by atoms with E-state index in [9.17, 15) is 0 Å². The average Bonchev–Trinajstić information content (AvgIpc) is 2.81. The molecule has 116 valence electrons. The molecule has 1 N–H and O–H groups in total. The zero-order chi connectivity index (χ0) is 13.8. The van der Waals surface area contributed by atoms with Gasteiger partial charge in [-0.3, -0.25) is 4.90 Å². The second kappa shape index (κ2) is 6.79. The van der Waals surface area contributed by atoms with Crippen LogP contribution in [0.5, 0.6) is 0 Å². The molecule has 2 aliphatic carbocycles. The van der Waals surface area contributed by atoms with Crippen molar-refractivity contribution in [2.75, 3.05) is 13.1 Å². The van der Waals surface area contributed by atoms with E-state index in [-0.39, 0.29) is 0 Å². The molecule has 0 aromatic rings. The molecule has 2 heteroatoms. The van der Waals surface area contributed by atoms with Gasteiger partial charge in [0, 0.05) is 24.2 Å². The second-order valence-electron chi connectivity index (χ2n) is 7.72. The average molecular weight is 278 g/mol. The first-order valence-corrected chi connectivity index (χ1v) is 9.30. The van der Waals surface area contributed by atoms with E-state index in [2.05, 4.69) is 17.1 Å². The Hall–Kier alpha value is -0.0800. The van der Waals surface area contributed by atoms with Crippen molar-refractivity contribution < 1.29 is 0 Å². The summed E-state index contributed by atoms with van der Waals surface area (Å²) in [5, 5.41) is 3.97. The SMILES string of the molecule is CC1CCNC2(CCCCC2)CN1C1CCCCCC1. The molecule has 1 atom stereocenters. The van der Waals surface area contributed by atoms with Crippen molar-refractivity contribution in [1.29, 1.82) is 0 Å². The van der Waals surface area contributed by atoms with Crippen LogP contribution in [0.15, 0.2) is 0 Å². The maximum Gasteiger partial charge on any atom is 0.0309 e. The van der Waals surface area contributed by atoms with Crippen molar-refractivity contribution in [1.82, 2.24) is 10.2 Å². The molecule has 0 bridgehead atoms. The van der Waals surface area contributed by atoms with Gasteiger partial charge in [-0.05, 0) is 45.6 Å². The van der Waals surface area contributed by atoms with Crippen LogP contribution in [0.4, 0.5) is 0 Å². The Balaban J connectivity index is 1.72. The van der Waals surface area contributed by atoms with Gasteiger partial charge >= 0.3 is 0 Å². The molecule has 0 aromatic heterocycles. The normalized spacial score (nSPS) is 33.8. The fourth-order valence-corrected chi connectivity index (χ4v) is 4.92. The Kier molecular flexibility index (Phi) is 5.04. The predicted molar refractivity (Wildman–Crippen MR) is 86.1 cm³/mol. The summed E-state index contributed by atoms with van der Waals surface area (Å²) in [4.78, 5) is 2.93. The fourth-order valence-electron chi connectivity index (χ4n) is 4.92. The minimum atomic E-state index is 0.468. The lowest BCUT2D eigenvalue weighted by atomic mass is 9.81. The van der Waals surface area contributed by atoms with Crippen LogP contribution in [-0.4, -0.2) is 35.6 Å². The number of nitrogens with one attached hydrogen (secondary N) is 1. The molecule has 3 aliphatic rings. The third-order valence-corrected chi connectivity index (χ3v) is 6.22. The van der Waals surface area contributed by atoms with Gasteiger partial charge in [0.15, 0.2) is 0 Å². The van der Waals surface area contributed by atoms with Crippen molar-refractivity contribution in [3.8, 4) is 0 Å². The zero-order valence-corrected chi connectivity index (χ0v) is 13.5. The van der Waals surface area contributed by atoms with E-state index in [1.54, 1.807) is 0 Å². The first-order chi connectivity index (χ1) is 9.79. The van der Waals surface area contributed by atoms with E-state index < -0.39 is 0 Å². The van der Waals surface area contributed by atoms with Gasteiger partial charge in [-0.15, -0.1) is 0 Å². The summed E-state index contributed by atoms with van der Waals surface area (Å²) < 4.78 is 0. The summed E-state index contributed by atoms with van der Waals surface area (Å²) in [6.45, 7) is 5.05. The molecule has 3 rings (SSSR count). The highest BCUT2D eigenvalue weighted by Crippen LogP contribution is 2.34. The topological polar surface area (TPSA) is 15.3 Å². The van der Waals surface area contributed by atoms with E-state index in [0.717, 1.165) is 12.1 Å². The highest BCUT2D eigenvalue weighted by molar-refractivity contribution is 4.98. The molecule has 0 amide bonds. The molecule has 1 unspecified atom stereocenters. The number of hydrogen-bond donors (Lipinski definition) is 1. The van der Waals surface area contributed by atoms with Gasteiger partial charge < -0.3 is 5.32 Å². The molecule has 0 aromatic carbocycles. The summed E-state index contributed by atoms with van der Waals surface area (Å²) in [5.74, 6) is 0. The Morgan fingerprint density at radius 3 is 2.20 bits per heavy atom. The maximum atomic E-state index is 3.97. The van der Waals surface area contributed by atoms with Crippen molar-refractivity contribution in [3.63, 3.8) is 0 Å². The van der Waals surface area contributed by atoms with E-state index in [0.29, 0.717) is 5.54 Å². The lowest BCUT2D eigenvalue weighted by molar-refractivity contribution is 0.0871. The molecule has 2 saturated carbocycles. The predicted octanol–water partition coefficient (Wildman–Crippen LogP) is 4.10. The minimum Gasteiger partial charge on any atom is -0.310 e. The summed E-state index contributed by atoms with van der Waals surface area (Å²) in [6, 6.07) is 1.66. The smallest absolute Gasteiger partial charge is 0.0309 e. The summed E-state index contributed by atoms with van der Waals surface area (Å²) in [5.41, 5.74) is 0.468. The Morgan fingerprint density at radius 2 is 1.50 bits per heavy atom. The maximum absolute atomic E-state index is 3.97. The molecular formula is C18H34N2. The van der Waals surface area contributed by atoms with E-state index in [4.69, 9.17) is 0 Å². The third kappa shape index (κ3) is 3.39. The second-order valence-corrected chi connectivity index (χ2v) is 7.72. The molecule has 20 heavy (non-hydrogen) atoms. The van der Waals surface area contributed by atoms with Crippen molar-refractivity contribution in [3.05, 3.63) is 0 Å². The molecule has 1 heterocycles. The van der Waals surface area contributed by atoms with Crippen molar-refractivity contribution in [2.24, 2.45) is 0 Å². The van der Waals surface area contributed by atoms with Crippen LogP contribution >= 0.6 is 0 Å². The summed E-state index contributed by atoms with van der Waals surface area (Å²) in [7, 11) is 0. The molecule has 1 spiro atoms. The van der Waals surface area contributed by atoms with Crippen LogP contribution < -0.4 is 5.32 Å². The van der Waals surface area contributed by atoms with Gasteiger partial charge in [0.1, 0.15) is 0 Å². The summed E-state index contributed by atoms with van der Waals surface area (Å²) in [6.07, 6.45) is 17.3. The van der Waals surface area contributed by atoms with Crippen LogP contribution in [-0.2, 0) is 0 Å². The monoisotopic (exact) mass is 278 g/mol. The standard InChI is InChI=1S/C18H34N2/c1-16-11-14-19-18(12-7-4-8-13-18)15-20(16)17-9-5-2-3-6-10-17/h16-17,19H,2-15H2,1H3. The van der Waals surface area contributed by atoms with Crippen LogP contribution in [0, 0.1) is 0 Å². The molecule has 3 fully saturated rings. The van der Waals surface area contributed by atoms with Gasteiger partial charge in [0.2, 0.25) is 0 Å². The van der Waals surface area contributed by atoms with Gasteiger partial charge in [-0.1, -0.05) is 44.9 Å². The first kappa shape index (κ1) is 14.8. The molecule has 0 radical (unpaired) electrons. The highest BCUT2D eigenvalue weighted by Gasteiger charge is 2.38. The Morgan fingerprint density at radius 1 is 0.850 bits per heavy atom. The minimum absolute atomic E-state index is 0.468. The number of nitrogens with zero attached hydrogens (tertiary/aromatic N) is 1.